The van der Waals surface area contributed by atoms with Gasteiger partial charge in [0.1, 0.15) is 24.3 Å². The molecule has 3 aliphatic rings. The van der Waals surface area contributed by atoms with Gasteiger partial charge in [-0.25, -0.2) is 19.2 Å². The Balaban J connectivity index is 1.07. The van der Waals surface area contributed by atoms with Crippen molar-refractivity contribution in [3.8, 4) is 11.6 Å². The molecule has 12 heteroatoms. The SMILES string of the molecule is CN(C)CCOc1cc(F)c2c(c1)CC(CNCCC1CN(c3cnc4c(n3)NC(=O)CO4)C(=O)O1)C2. The van der Waals surface area contributed by atoms with Crippen LogP contribution in [0.5, 0.6) is 11.6 Å². The highest BCUT2D eigenvalue weighted by Crippen LogP contribution is 2.32. The molecule has 2 atom stereocenters. The third-order valence-corrected chi connectivity index (χ3v) is 6.62. The van der Waals surface area contributed by atoms with E-state index in [9.17, 15) is 14.0 Å². The molecule has 5 rings (SSSR count). The van der Waals surface area contributed by atoms with Gasteiger partial charge < -0.3 is 29.7 Å². The second-order valence-electron chi connectivity index (χ2n) is 9.80. The number of cyclic esters (lactones) is 1. The first-order chi connectivity index (χ1) is 17.9. The molecule has 1 aromatic carbocycles. The molecule has 2 aromatic rings. The monoisotopic (exact) mass is 514 g/mol. The van der Waals surface area contributed by atoms with Crippen molar-refractivity contribution in [2.24, 2.45) is 5.92 Å². The van der Waals surface area contributed by atoms with Crippen molar-refractivity contribution in [2.75, 3.05) is 63.7 Å². The van der Waals surface area contributed by atoms with Crippen molar-refractivity contribution in [2.45, 2.75) is 25.4 Å². The molecule has 2 unspecified atom stereocenters. The zero-order valence-electron chi connectivity index (χ0n) is 21.0. The Labute approximate surface area is 214 Å². The number of carbonyl (C=O) groups is 2. The Morgan fingerprint density at radius 3 is 3.00 bits per heavy atom. The van der Waals surface area contributed by atoms with Gasteiger partial charge >= 0.3 is 6.09 Å². The average molecular weight is 515 g/mol. The number of halogens is 1. The summed E-state index contributed by atoms with van der Waals surface area (Å²) in [5, 5.41) is 6.01. The summed E-state index contributed by atoms with van der Waals surface area (Å²) in [5.74, 6) is 1.06. The molecule has 1 aromatic heterocycles. The van der Waals surface area contributed by atoms with E-state index in [1.165, 1.54) is 17.2 Å². The lowest BCUT2D eigenvalue weighted by molar-refractivity contribution is -0.118. The zero-order chi connectivity index (χ0) is 25.9. The molecule has 3 heterocycles. The molecular formula is C25H31FN6O5. The molecule has 37 heavy (non-hydrogen) atoms. The highest BCUT2D eigenvalue weighted by Gasteiger charge is 2.34. The lowest BCUT2D eigenvalue weighted by atomic mass is 10.1. The molecule has 1 aliphatic carbocycles. The quantitative estimate of drug-likeness (QED) is 0.456. The van der Waals surface area contributed by atoms with Gasteiger partial charge in [0.05, 0.1) is 12.7 Å². The number of likely N-dealkylation sites (N-methyl/N-ethyl adjacent to an activating group) is 1. The van der Waals surface area contributed by atoms with Crippen molar-refractivity contribution in [3.05, 3.63) is 35.3 Å². The van der Waals surface area contributed by atoms with Gasteiger partial charge in [0.15, 0.2) is 18.2 Å². The van der Waals surface area contributed by atoms with Crippen molar-refractivity contribution in [1.29, 1.82) is 0 Å². The van der Waals surface area contributed by atoms with E-state index in [1.54, 1.807) is 0 Å². The summed E-state index contributed by atoms with van der Waals surface area (Å²) in [5.41, 5.74) is 1.79. The highest BCUT2D eigenvalue weighted by atomic mass is 19.1. The third-order valence-electron chi connectivity index (χ3n) is 6.62. The molecular weight excluding hydrogens is 483 g/mol. The van der Waals surface area contributed by atoms with Crippen LogP contribution in [0.25, 0.3) is 0 Å². The fraction of sp³-hybridized carbons (Fsp3) is 0.520. The maximum atomic E-state index is 14.6. The maximum absolute atomic E-state index is 14.6. The summed E-state index contributed by atoms with van der Waals surface area (Å²) >= 11 is 0. The van der Waals surface area contributed by atoms with E-state index in [-0.39, 0.29) is 36.1 Å². The average Bonchev–Trinajstić information content (AvgIpc) is 3.44. The number of carbonyl (C=O) groups excluding carboxylic acids is 2. The smallest absolute Gasteiger partial charge is 0.415 e. The van der Waals surface area contributed by atoms with Crippen LogP contribution in [0.15, 0.2) is 18.3 Å². The molecule has 1 fully saturated rings. The predicted molar refractivity (Wildman–Crippen MR) is 133 cm³/mol. The number of amides is 2. The molecule has 2 amide bonds. The number of hydrogen-bond acceptors (Lipinski definition) is 9. The van der Waals surface area contributed by atoms with Gasteiger partial charge in [0, 0.05) is 12.6 Å². The van der Waals surface area contributed by atoms with Crippen LogP contribution in [0, 0.1) is 11.7 Å². The summed E-state index contributed by atoms with van der Waals surface area (Å²) in [7, 11) is 3.94. The van der Waals surface area contributed by atoms with Crippen LogP contribution >= 0.6 is 0 Å². The Morgan fingerprint density at radius 1 is 1.30 bits per heavy atom. The van der Waals surface area contributed by atoms with Crippen LogP contribution in [-0.4, -0.2) is 86.5 Å². The second-order valence-corrected chi connectivity index (χ2v) is 9.80. The van der Waals surface area contributed by atoms with Crippen molar-refractivity contribution < 1.29 is 28.2 Å². The second kappa shape index (κ2) is 10.9. The van der Waals surface area contributed by atoms with Gasteiger partial charge in [-0.2, -0.15) is 0 Å². The fourth-order valence-corrected chi connectivity index (χ4v) is 4.74. The minimum Gasteiger partial charge on any atom is -0.492 e. The number of nitrogens with zero attached hydrogens (tertiary/aromatic N) is 4. The Kier molecular flexibility index (Phi) is 7.38. The third kappa shape index (κ3) is 5.91. The largest absolute Gasteiger partial charge is 0.492 e. The molecule has 0 spiro atoms. The van der Waals surface area contributed by atoms with Crippen molar-refractivity contribution >= 4 is 23.6 Å². The number of rotatable bonds is 10. The molecule has 0 radical (unpaired) electrons. The van der Waals surface area contributed by atoms with Crippen LogP contribution < -0.4 is 25.0 Å². The number of hydrogen-bond donors (Lipinski definition) is 2. The van der Waals surface area contributed by atoms with E-state index in [1.807, 2.05) is 25.1 Å². The topological polar surface area (TPSA) is 118 Å². The summed E-state index contributed by atoms with van der Waals surface area (Å²) < 4.78 is 31.0. The number of ether oxygens (including phenoxy) is 3. The molecule has 1 saturated heterocycles. The van der Waals surface area contributed by atoms with E-state index >= 15 is 0 Å². The number of aromatic nitrogens is 2. The number of benzene rings is 1. The van der Waals surface area contributed by atoms with Crippen molar-refractivity contribution in [1.82, 2.24) is 20.2 Å². The minimum atomic E-state index is -0.507. The van der Waals surface area contributed by atoms with Gasteiger partial charge in [0.25, 0.3) is 11.8 Å². The lowest BCUT2D eigenvalue weighted by Crippen LogP contribution is -2.30. The molecule has 198 valence electrons. The van der Waals surface area contributed by atoms with Gasteiger partial charge in [-0.15, -0.1) is 0 Å². The normalized spacial score (nSPS) is 20.4. The Bertz CT molecular complexity index is 1180. The molecule has 0 saturated carbocycles. The van der Waals surface area contributed by atoms with E-state index in [4.69, 9.17) is 14.2 Å². The standard InChI is InChI=1S/C25H31FN6O5/c1-31(2)5-6-35-18-9-16-7-15(8-19(16)20(26)10-18)11-27-4-3-17-13-32(25(34)37-17)21-12-28-24-23(29-21)30-22(33)14-36-24/h9-10,12,15,17,27H,3-8,11,13-14H2,1-2H3,(H,29,30,33). The van der Waals surface area contributed by atoms with Gasteiger partial charge in [-0.3, -0.25) is 9.69 Å². The Morgan fingerprint density at radius 2 is 2.16 bits per heavy atom. The van der Waals surface area contributed by atoms with Crippen LogP contribution in [0.4, 0.5) is 20.8 Å². The highest BCUT2D eigenvalue weighted by molar-refractivity contribution is 5.94. The van der Waals surface area contributed by atoms with E-state index in [0.717, 1.165) is 30.6 Å². The predicted octanol–water partition coefficient (Wildman–Crippen LogP) is 1.61. The maximum Gasteiger partial charge on any atom is 0.415 e. The number of fused-ring (bicyclic) bond motifs is 2. The van der Waals surface area contributed by atoms with Crippen LogP contribution in [0.2, 0.25) is 0 Å². The van der Waals surface area contributed by atoms with Gasteiger partial charge in [-0.1, -0.05) is 0 Å². The van der Waals surface area contributed by atoms with Gasteiger partial charge in [-0.05, 0) is 69.6 Å². The summed E-state index contributed by atoms with van der Waals surface area (Å²) in [6, 6.07) is 3.44. The Hall–Kier alpha value is -3.51. The van der Waals surface area contributed by atoms with Crippen LogP contribution in [0.3, 0.4) is 0 Å². The van der Waals surface area contributed by atoms with E-state index in [0.29, 0.717) is 50.0 Å². The summed E-state index contributed by atoms with van der Waals surface area (Å²) in [4.78, 5) is 35.8. The van der Waals surface area contributed by atoms with Crippen LogP contribution in [-0.2, 0) is 22.4 Å². The fourth-order valence-electron chi connectivity index (χ4n) is 4.74. The van der Waals surface area contributed by atoms with E-state index < -0.39 is 6.09 Å². The zero-order valence-corrected chi connectivity index (χ0v) is 21.0. The molecule has 2 aliphatic heterocycles. The number of anilines is 2. The molecule has 0 bridgehead atoms. The van der Waals surface area contributed by atoms with Gasteiger partial charge in [0.2, 0.25) is 0 Å². The number of nitrogens with one attached hydrogen (secondary N) is 2. The molecule has 11 nitrogen and oxygen atoms in total. The first-order valence-electron chi connectivity index (χ1n) is 12.4. The first kappa shape index (κ1) is 25.2. The van der Waals surface area contributed by atoms with Crippen LogP contribution in [0.1, 0.15) is 17.5 Å². The lowest BCUT2D eigenvalue weighted by Gasteiger charge is -2.18. The summed E-state index contributed by atoms with van der Waals surface area (Å²) in [6.07, 6.45) is 2.73. The minimum absolute atomic E-state index is 0.115. The molecule has 2 N–H and O–H groups in total. The van der Waals surface area contributed by atoms with Crippen molar-refractivity contribution in [3.63, 3.8) is 0 Å². The summed E-state index contributed by atoms with van der Waals surface area (Å²) in [6.45, 7) is 2.90. The first-order valence-corrected chi connectivity index (χ1v) is 12.4. The van der Waals surface area contributed by atoms with E-state index in [2.05, 4.69) is 20.6 Å².